The lowest BCUT2D eigenvalue weighted by molar-refractivity contribution is 0.0526. The van der Waals surface area contributed by atoms with Gasteiger partial charge in [-0.25, -0.2) is 13.2 Å². The van der Waals surface area contributed by atoms with Crippen molar-refractivity contribution in [1.82, 2.24) is 4.90 Å². The number of carbonyl (C=O) groups is 2. The summed E-state index contributed by atoms with van der Waals surface area (Å²) in [7, 11) is -3.43. The molecule has 3 rings (SSSR count). The summed E-state index contributed by atoms with van der Waals surface area (Å²) < 4.78 is 29.6. The molecule has 1 aromatic heterocycles. The van der Waals surface area contributed by atoms with Gasteiger partial charge in [-0.3, -0.25) is 9.69 Å². The van der Waals surface area contributed by atoms with Gasteiger partial charge in [0.15, 0.2) is 9.84 Å². The van der Waals surface area contributed by atoms with Crippen LogP contribution >= 0.6 is 23.7 Å². The van der Waals surface area contributed by atoms with Crippen molar-refractivity contribution in [3.8, 4) is 0 Å². The number of sulfone groups is 1. The molecule has 176 valence electrons. The Kier molecular flexibility index (Phi) is 8.87. The predicted octanol–water partition coefficient (Wildman–Crippen LogP) is 4.16. The van der Waals surface area contributed by atoms with E-state index < -0.39 is 21.7 Å². The molecule has 1 amide bonds. The molecule has 0 fully saturated rings. The van der Waals surface area contributed by atoms with E-state index in [-0.39, 0.29) is 35.2 Å². The van der Waals surface area contributed by atoms with Crippen molar-refractivity contribution >= 4 is 50.5 Å². The first-order valence-corrected chi connectivity index (χ1v) is 12.8. The van der Waals surface area contributed by atoms with Gasteiger partial charge in [-0.1, -0.05) is 13.0 Å². The van der Waals surface area contributed by atoms with Crippen LogP contribution in [0, 0.1) is 0 Å². The lowest BCUT2D eigenvalue weighted by Crippen LogP contribution is -2.35. The largest absolute Gasteiger partial charge is 0.462 e. The highest BCUT2D eigenvalue weighted by Gasteiger charge is 2.30. The van der Waals surface area contributed by atoms with Crippen molar-refractivity contribution in [2.45, 2.75) is 51.6 Å². The van der Waals surface area contributed by atoms with Gasteiger partial charge in [-0.2, -0.15) is 0 Å². The number of esters is 1. The highest BCUT2D eigenvalue weighted by atomic mass is 35.5. The molecule has 2 heterocycles. The summed E-state index contributed by atoms with van der Waals surface area (Å²) in [6, 6.07) is 6.32. The second-order valence-electron chi connectivity index (χ2n) is 7.63. The number of carbonyl (C=O) groups excluding carboxylic acids is 2. The second-order valence-corrected chi connectivity index (χ2v) is 11.0. The van der Waals surface area contributed by atoms with Gasteiger partial charge < -0.3 is 10.1 Å². The van der Waals surface area contributed by atoms with Crippen LogP contribution in [0.4, 0.5) is 5.00 Å². The Hall–Kier alpha value is -1.94. The summed E-state index contributed by atoms with van der Waals surface area (Å²) in [5, 5.41) is 3.28. The molecule has 10 heteroatoms. The molecule has 0 bridgehead atoms. The summed E-state index contributed by atoms with van der Waals surface area (Å²) in [5.74, 6) is -0.955. The third-order valence-electron chi connectivity index (χ3n) is 5.36. The third-order valence-corrected chi connectivity index (χ3v) is 8.22. The number of nitrogens with zero attached hydrogens (tertiary/aromatic N) is 1. The maximum atomic E-state index is 12.9. The molecule has 32 heavy (non-hydrogen) atoms. The Balaban J connectivity index is 0.00000363. The van der Waals surface area contributed by atoms with Crippen molar-refractivity contribution in [3.05, 3.63) is 45.8 Å². The normalized spacial score (nSPS) is 13.9. The van der Waals surface area contributed by atoms with Gasteiger partial charge in [0, 0.05) is 29.6 Å². The van der Waals surface area contributed by atoms with E-state index in [0.29, 0.717) is 29.6 Å². The SMILES string of the molecule is CCOC(=O)c1c(NC(=O)c2cccc(S(=O)(=O)CC)c2)sc2c1CCN(C(C)C)C2.Cl. The van der Waals surface area contributed by atoms with Crippen LogP contribution in [0.1, 0.15) is 58.9 Å². The second kappa shape index (κ2) is 10.8. The van der Waals surface area contributed by atoms with Crippen LogP contribution in [0.15, 0.2) is 29.2 Å². The minimum atomic E-state index is -3.43. The fourth-order valence-corrected chi connectivity index (χ4v) is 5.73. The molecule has 0 saturated heterocycles. The maximum Gasteiger partial charge on any atom is 0.341 e. The van der Waals surface area contributed by atoms with Gasteiger partial charge in [-0.05, 0) is 51.0 Å². The molecule has 0 spiro atoms. The molecule has 2 aromatic rings. The monoisotopic (exact) mass is 500 g/mol. The standard InChI is InChI=1S/C22H28N2O5S2.ClH/c1-5-29-22(26)19-17-10-11-24(14(3)4)13-18(17)30-21(19)23-20(25)15-8-7-9-16(12-15)31(27,28)6-2;/h7-9,12,14H,5-6,10-11,13H2,1-4H3,(H,23,25);1H. The molecule has 7 nitrogen and oxygen atoms in total. The number of hydrogen-bond acceptors (Lipinski definition) is 7. The molecule has 1 aromatic carbocycles. The molecule has 1 aliphatic heterocycles. The summed E-state index contributed by atoms with van der Waals surface area (Å²) in [6.45, 7) is 9.35. The Morgan fingerprint density at radius 2 is 1.97 bits per heavy atom. The first-order chi connectivity index (χ1) is 14.7. The number of benzene rings is 1. The van der Waals surface area contributed by atoms with Gasteiger partial charge in [0.2, 0.25) is 0 Å². The number of fused-ring (bicyclic) bond motifs is 1. The molecular formula is C22H29ClN2O5S2. The van der Waals surface area contributed by atoms with Gasteiger partial charge in [0.1, 0.15) is 5.00 Å². The van der Waals surface area contributed by atoms with Gasteiger partial charge in [0.05, 0.1) is 22.8 Å². The Morgan fingerprint density at radius 1 is 1.25 bits per heavy atom. The molecule has 0 unspecified atom stereocenters. The number of hydrogen-bond donors (Lipinski definition) is 1. The molecule has 1 N–H and O–H groups in total. The lowest BCUT2D eigenvalue weighted by Gasteiger charge is -2.30. The highest BCUT2D eigenvalue weighted by molar-refractivity contribution is 7.91. The van der Waals surface area contributed by atoms with Crippen molar-refractivity contribution in [3.63, 3.8) is 0 Å². The van der Waals surface area contributed by atoms with Crippen LogP contribution in [0.3, 0.4) is 0 Å². The molecular weight excluding hydrogens is 472 g/mol. The van der Waals surface area contributed by atoms with E-state index >= 15 is 0 Å². The van der Waals surface area contributed by atoms with Crippen LogP contribution in [0.25, 0.3) is 0 Å². The number of nitrogens with one attached hydrogen (secondary N) is 1. The van der Waals surface area contributed by atoms with E-state index in [1.165, 1.54) is 23.5 Å². The summed E-state index contributed by atoms with van der Waals surface area (Å²) in [5.41, 5.74) is 1.56. The molecule has 0 radical (unpaired) electrons. The summed E-state index contributed by atoms with van der Waals surface area (Å²) >= 11 is 1.38. The fourth-order valence-electron chi connectivity index (χ4n) is 3.54. The maximum absolute atomic E-state index is 12.9. The quantitative estimate of drug-likeness (QED) is 0.574. The van der Waals surface area contributed by atoms with Crippen LogP contribution in [0.5, 0.6) is 0 Å². The van der Waals surface area contributed by atoms with Gasteiger partial charge in [-0.15, -0.1) is 23.7 Å². The zero-order valence-corrected chi connectivity index (χ0v) is 21.1. The first kappa shape index (κ1) is 26.3. The predicted molar refractivity (Wildman–Crippen MR) is 129 cm³/mol. The van der Waals surface area contributed by atoms with E-state index in [2.05, 4.69) is 24.1 Å². The Morgan fingerprint density at radius 3 is 2.59 bits per heavy atom. The van der Waals surface area contributed by atoms with Crippen LogP contribution in [0.2, 0.25) is 0 Å². The minimum Gasteiger partial charge on any atom is -0.462 e. The third kappa shape index (κ3) is 5.51. The van der Waals surface area contributed by atoms with Gasteiger partial charge in [0.25, 0.3) is 5.91 Å². The van der Waals surface area contributed by atoms with Crippen molar-refractivity contribution in [2.75, 3.05) is 24.2 Å². The average Bonchev–Trinajstić information content (AvgIpc) is 3.10. The lowest BCUT2D eigenvalue weighted by atomic mass is 10.0. The average molecular weight is 501 g/mol. The van der Waals surface area contributed by atoms with Crippen molar-refractivity contribution in [2.24, 2.45) is 0 Å². The van der Waals surface area contributed by atoms with Crippen LogP contribution in [-0.2, 0) is 27.5 Å². The highest BCUT2D eigenvalue weighted by Crippen LogP contribution is 2.38. The van der Waals surface area contributed by atoms with Crippen molar-refractivity contribution in [1.29, 1.82) is 0 Å². The number of amides is 1. The number of anilines is 1. The zero-order valence-electron chi connectivity index (χ0n) is 18.6. The van der Waals surface area contributed by atoms with E-state index in [1.54, 1.807) is 26.0 Å². The molecule has 1 aliphatic rings. The minimum absolute atomic E-state index is 0. The summed E-state index contributed by atoms with van der Waals surface area (Å²) in [6.07, 6.45) is 0.707. The Bertz CT molecular complexity index is 1100. The fraction of sp³-hybridized carbons (Fsp3) is 0.455. The molecule has 0 aliphatic carbocycles. The summed E-state index contributed by atoms with van der Waals surface area (Å²) in [4.78, 5) is 29.1. The van der Waals surface area contributed by atoms with Crippen molar-refractivity contribution < 1.29 is 22.7 Å². The topological polar surface area (TPSA) is 92.8 Å². The first-order valence-electron chi connectivity index (χ1n) is 10.4. The molecule has 0 saturated carbocycles. The van der Waals surface area contributed by atoms with E-state index in [1.807, 2.05) is 0 Å². The smallest absolute Gasteiger partial charge is 0.341 e. The van der Waals surface area contributed by atoms with E-state index in [9.17, 15) is 18.0 Å². The number of halogens is 1. The van der Waals surface area contributed by atoms with Crippen LogP contribution < -0.4 is 5.32 Å². The number of rotatable bonds is 7. The molecule has 0 atom stereocenters. The number of thiophene rings is 1. The van der Waals surface area contributed by atoms with E-state index in [4.69, 9.17) is 4.74 Å². The van der Waals surface area contributed by atoms with Crippen LogP contribution in [-0.4, -0.2) is 50.1 Å². The number of ether oxygens (including phenoxy) is 1. The van der Waals surface area contributed by atoms with Gasteiger partial charge >= 0.3 is 5.97 Å². The van der Waals surface area contributed by atoms with E-state index in [0.717, 1.165) is 17.0 Å². The zero-order chi connectivity index (χ0) is 22.8. The Labute approximate surface area is 199 Å².